The van der Waals surface area contributed by atoms with Crippen molar-refractivity contribution in [2.45, 2.75) is 0 Å². The number of rotatable bonds is 0. The first kappa shape index (κ1) is 14.8. The molecular weight excluding hydrogens is 381 g/mol. The maximum absolute atomic E-state index is 6.33. The summed E-state index contributed by atoms with van der Waals surface area (Å²) >= 11 is 37.2. The van der Waals surface area contributed by atoms with Crippen molar-refractivity contribution in [3.8, 4) is 0 Å². The molecule has 0 fully saturated rings. The molecule has 0 spiro atoms. The molecule has 102 valence electrons. The Morgan fingerprint density at radius 3 is 1.80 bits per heavy atom. The Morgan fingerprint density at radius 2 is 1.10 bits per heavy atom. The highest BCUT2D eigenvalue weighted by Gasteiger charge is 2.18. The fourth-order valence-electron chi connectivity index (χ4n) is 2.18. The van der Waals surface area contributed by atoms with Crippen molar-refractivity contribution in [2.75, 3.05) is 0 Å². The van der Waals surface area contributed by atoms with E-state index in [2.05, 4.69) is 0 Å². The third-order valence-corrected chi connectivity index (χ3v) is 5.73. The summed E-state index contributed by atoms with van der Waals surface area (Å²) in [6, 6.07) is 7.30. The second kappa shape index (κ2) is 5.28. The van der Waals surface area contributed by atoms with Gasteiger partial charge in [0.1, 0.15) is 0 Å². The minimum Gasteiger partial charge on any atom is -0.0827 e. The summed E-state index contributed by atoms with van der Waals surface area (Å²) in [5.74, 6) is 0. The van der Waals surface area contributed by atoms with Gasteiger partial charge in [-0.3, -0.25) is 0 Å². The van der Waals surface area contributed by atoms with E-state index in [4.69, 9.17) is 69.6 Å². The van der Waals surface area contributed by atoms with Gasteiger partial charge in [0, 0.05) is 16.2 Å². The zero-order chi connectivity index (χ0) is 14.6. The van der Waals surface area contributed by atoms with E-state index in [1.54, 1.807) is 6.07 Å². The first-order valence-electron chi connectivity index (χ1n) is 5.46. The molecule has 0 heterocycles. The second-order valence-corrected chi connectivity index (χ2v) is 6.50. The molecule has 6 heteroatoms. The Balaban J connectivity index is 2.71. The molecule has 0 unspecified atom stereocenters. The molecule has 3 aromatic rings. The Kier molecular flexibility index (Phi) is 3.92. The molecule has 0 saturated carbocycles. The quantitative estimate of drug-likeness (QED) is 0.210. The molecule has 0 aromatic heterocycles. The summed E-state index contributed by atoms with van der Waals surface area (Å²) in [5, 5.41) is 4.86. The smallest absolute Gasteiger partial charge is 0.0800 e. The van der Waals surface area contributed by atoms with Crippen LogP contribution in [0.4, 0.5) is 0 Å². The summed E-state index contributed by atoms with van der Waals surface area (Å²) < 4.78 is 0. The van der Waals surface area contributed by atoms with Crippen molar-refractivity contribution in [1.82, 2.24) is 0 Å². The monoisotopic (exact) mass is 382 g/mol. The van der Waals surface area contributed by atoms with E-state index in [0.29, 0.717) is 36.2 Å². The zero-order valence-corrected chi connectivity index (χ0v) is 14.1. The van der Waals surface area contributed by atoms with Gasteiger partial charge in [-0.2, -0.15) is 0 Å². The van der Waals surface area contributed by atoms with E-state index in [0.717, 1.165) is 5.39 Å². The molecule has 0 saturated heterocycles. The van der Waals surface area contributed by atoms with Crippen molar-refractivity contribution in [1.29, 1.82) is 0 Å². The molecule has 0 nitrogen and oxygen atoms in total. The molecule has 0 bridgehead atoms. The SMILES string of the molecule is Clc1ccc2ccc3c(Cl)c(Cl)c(Cl)c(Cl)c3c2c1Cl. The average Bonchev–Trinajstić information content (AvgIpc) is 2.45. The van der Waals surface area contributed by atoms with E-state index in [1.165, 1.54) is 0 Å². The van der Waals surface area contributed by atoms with Crippen molar-refractivity contribution in [3.05, 3.63) is 54.4 Å². The maximum Gasteiger partial charge on any atom is 0.0800 e. The first-order valence-corrected chi connectivity index (χ1v) is 7.72. The predicted octanol–water partition coefficient (Wildman–Crippen LogP) is 7.91. The third-order valence-electron chi connectivity index (χ3n) is 3.11. The number of hydrogen-bond donors (Lipinski definition) is 0. The molecule has 0 N–H and O–H groups in total. The molecule has 20 heavy (non-hydrogen) atoms. The summed E-state index contributed by atoms with van der Waals surface area (Å²) in [7, 11) is 0. The Morgan fingerprint density at radius 1 is 0.500 bits per heavy atom. The lowest BCUT2D eigenvalue weighted by Crippen LogP contribution is -1.85. The van der Waals surface area contributed by atoms with Crippen LogP contribution in [0.3, 0.4) is 0 Å². The molecule has 0 aliphatic rings. The summed E-state index contributed by atoms with van der Waals surface area (Å²) in [6.07, 6.45) is 0. The van der Waals surface area contributed by atoms with Crippen LogP contribution in [0.15, 0.2) is 24.3 Å². The van der Waals surface area contributed by atoms with Gasteiger partial charge < -0.3 is 0 Å². The molecule has 0 atom stereocenters. The standard InChI is InChI=1S/C14H4Cl6/c15-7-4-2-5-1-3-6-9(8(5)11(7)17)12(18)14(20)13(19)10(6)16/h1-4H. The van der Waals surface area contributed by atoms with Gasteiger partial charge >= 0.3 is 0 Å². The highest BCUT2D eigenvalue weighted by Crippen LogP contribution is 2.47. The van der Waals surface area contributed by atoms with Crippen LogP contribution in [0.25, 0.3) is 21.5 Å². The lowest BCUT2D eigenvalue weighted by molar-refractivity contribution is 1.75. The van der Waals surface area contributed by atoms with Gasteiger partial charge in [-0.25, -0.2) is 0 Å². The summed E-state index contributed by atoms with van der Waals surface area (Å²) in [5.41, 5.74) is 0. The number of halogens is 6. The normalized spacial score (nSPS) is 11.5. The highest BCUT2D eigenvalue weighted by atomic mass is 35.5. The third kappa shape index (κ3) is 2.06. The van der Waals surface area contributed by atoms with Crippen LogP contribution in [-0.2, 0) is 0 Å². The van der Waals surface area contributed by atoms with Crippen molar-refractivity contribution >= 4 is 91.2 Å². The van der Waals surface area contributed by atoms with Gasteiger partial charge in [-0.1, -0.05) is 87.8 Å². The van der Waals surface area contributed by atoms with E-state index in [1.807, 2.05) is 18.2 Å². The van der Waals surface area contributed by atoms with Crippen LogP contribution in [0.2, 0.25) is 30.1 Å². The van der Waals surface area contributed by atoms with E-state index in [9.17, 15) is 0 Å². The minimum atomic E-state index is 0.203. The molecular formula is C14H4Cl6. The van der Waals surface area contributed by atoms with Crippen LogP contribution in [0.1, 0.15) is 0 Å². The van der Waals surface area contributed by atoms with E-state index in [-0.39, 0.29) is 10.0 Å². The van der Waals surface area contributed by atoms with Gasteiger partial charge in [-0.05, 0) is 11.5 Å². The van der Waals surface area contributed by atoms with Crippen LogP contribution < -0.4 is 0 Å². The van der Waals surface area contributed by atoms with Crippen molar-refractivity contribution < 1.29 is 0 Å². The van der Waals surface area contributed by atoms with Gasteiger partial charge in [0.25, 0.3) is 0 Å². The van der Waals surface area contributed by atoms with Crippen LogP contribution in [0, 0.1) is 0 Å². The summed E-state index contributed by atoms with van der Waals surface area (Å²) in [4.78, 5) is 0. The number of benzene rings is 3. The van der Waals surface area contributed by atoms with Crippen LogP contribution in [0.5, 0.6) is 0 Å². The first-order chi connectivity index (χ1) is 9.43. The Bertz CT molecular complexity index is 869. The molecule has 0 radical (unpaired) electrons. The minimum absolute atomic E-state index is 0.203. The molecule has 3 aromatic carbocycles. The van der Waals surface area contributed by atoms with Crippen LogP contribution >= 0.6 is 69.6 Å². The molecule has 0 amide bonds. The van der Waals surface area contributed by atoms with Crippen molar-refractivity contribution in [3.63, 3.8) is 0 Å². The summed E-state index contributed by atoms with van der Waals surface area (Å²) in [6.45, 7) is 0. The fourth-order valence-corrected chi connectivity index (χ4v) is 3.63. The van der Waals surface area contributed by atoms with E-state index < -0.39 is 0 Å². The van der Waals surface area contributed by atoms with Gasteiger partial charge in [0.2, 0.25) is 0 Å². The largest absolute Gasteiger partial charge is 0.0827 e. The van der Waals surface area contributed by atoms with Gasteiger partial charge in [-0.15, -0.1) is 0 Å². The second-order valence-electron chi connectivity index (χ2n) is 4.20. The number of fused-ring (bicyclic) bond motifs is 3. The number of hydrogen-bond acceptors (Lipinski definition) is 0. The van der Waals surface area contributed by atoms with Gasteiger partial charge in [0.15, 0.2) is 0 Å². The topological polar surface area (TPSA) is 0 Å². The lowest BCUT2D eigenvalue weighted by atomic mass is 10.0. The molecule has 0 aliphatic carbocycles. The predicted molar refractivity (Wildman–Crippen MR) is 91.5 cm³/mol. The zero-order valence-electron chi connectivity index (χ0n) is 9.58. The molecule has 0 aliphatic heterocycles. The fraction of sp³-hybridized carbons (Fsp3) is 0. The maximum atomic E-state index is 6.33. The molecule has 3 rings (SSSR count). The average molecular weight is 385 g/mol. The van der Waals surface area contributed by atoms with Crippen molar-refractivity contribution in [2.24, 2.45) is 0 Å². The van der Waals surface area contributed by atoms with Gasteiger partial charge in [0.05, 0.1) is 30.1 Å². The van der Waals surface area contributed by atoms with Crippen LogP contribution in [-0.4, -0.2) is 0 Å². The Labute approximate surface area is 145 Å². The van der Waals surface area contributed by atoms with E-state index >= 15 is 0 Å². The lowest BCUT2D eigenvalue weighted by Gasteiger charge is -2.12. The highest BCUT2D eigenvalue weighted by molar-refractivity contribution is 6.57. The Hall–Kier alpha value is -0.0800.